The molecular formula is C14H19NO3. The Kier molecular flexibility index (Phi) is 3.87. The van der Waals surface area contributed by atoms with E-state index in [9.17, 15) is 4.79 Å². The van der Waals surface area contributed by atoms with Crippen molar-refractivity contribution in [3.05, 3.63) is 29.8 Å². The standard InChI is InChI=1S/C14H19NO3/c1-11-4-6-12(7-5-11)15-14(13(16)17-2)8-3-9-18-10-14/h4-7,15H,3,8-10H2,1-2H3. The zero-order valence-electron chi connectivity index (χ0n) is 10.9. The van der Waals surface area contributed by atoms with Crippen LogP contribution in [0.3, 0.4) is 0 Å². The first-order valence-electron chi connectivity index (χ1n) is 6.17. The Morgan fingerprint density at radius 2 is 2.11 bits per heavy atom. The topological polar surface area (TPSA) is 47.6 Å². The second-order valence-electron chi connectivity index (χ2n) is 4.72. The molecule has 1 aliphatic rings. The van der Waals surface area contributed by atoms with Crippen molar-refractivity contribution < 1.29 is 14.3 Å². The van der Waals surface area contributed by atoms with E-state index in [0.29, 0.717) is 13.2 Å². The first-order chi connectivity index (χ1) is 8.66. The summed E-state index contributed by atoms with van der Waals surface area (Å²) in [6, 6.07) is 7.96. The van der Waals surface area contributed by atoms with Crippen molar-refractivity contribution >= 4 is 11.7 Å². The zero-order valence-corrected chi connectivity index (χ0v) is 10.9. The number of benzene rings is 1. The summed E-state index contributed by atoms with van der Waals surface area (Å²) in [4.78, 5) is 12.0. The minimum Gasteiger partial charge on any atom is -0.467 e. The van der Waals surface area contributed by atoms with Crippen LogP contribution in [0, 0.1) is 6.92 Å². The average molecular weight is 249 g/mol. The Morgan fingerprint density at radius 3 is 2.67 bits per heavy atom. The van der Waals surface area contributed by atoms with Crippen molar-refractivity contribution in [3.63, 3.8) is 0 Å². The van der Waals surface area contributed by atoms with Crippen LogP contribution in [0.15, 0.2) is 24.3 Å². The molecule has 1 aromatic rings. The summed E-state index contributed by atoms with van der Waals surface area (Å²) in [6.07, 6.45) is 1.58. The summed E-state index contributed by atoms with van der Waals surface area (Å²) in [7, 11) is 1.41. The molecule has 0 aliphatic carbocycles. The fourth-order valence-corrected chi connectivity index (χ4v) is 2.21. The lowest BCUT2D eigenvalue weighted by molar-refractivity contribution is -0.150. The maximum Gasteiger partial charge on any atom is 0.333 e. The largest absolute Gasteiger partial charge is 0.467 e. The number of hydrogen-bond donors (Lipinski definition) is 1. The van der Waals surface area contributed by atoms with Crippen molar-refractivity contribution in [2.45, 2.75) is 25.3 Å². The van der Waals surface area contributed by atoms with Crippen LogP contribution in [0.4, 0.5) is 5.69 Å². The Labute approximate surface area is 107 Å². The summed E-state index contributed by atoms with van der Waals surface area (Å²) in [5, 5.41) is 3.27. The summed E-state index contributed by atoms with van der Waals surface area (Å²) in [5.74, 6) is -0.261. The molecule has 0 radical (unpaired) electrons. The van der Waals surface area contributed by atoms with Crippen LogP contribution in [-0.2, 0) is 14.3 Å². The van der Waals surface area contributed by atoms with Gasteiger partial charge < -0.3 is 14.8 Å². The van der Waals surface area contributed by atoms with Crippen molar-refractivity contribution in [2.75, 3.05) is 25.6 Å². The maximum absolute atomic E-state index is 12.0. The maximum atomic E-state index is 12.0. The number of esters is 1. The van der Waals surface area contributed by atoms with Crippen LogP contribution < -0.4 is 5.32 Å². The van der Waals surface area contributed by atoms with Gasteiger partial charge in [0, 0.05) is 12.3 Å². The molecule has 0 bridgehead atoms. The minimum atomic E-state index is -0.748. The monoisotopic (exact) mass is 249 g/mol. The van der Waals surface area contributed by atoms with Gasteiger partial charge in [0.15, 0.2) is 5.54 Å². The van der Waals surface area contributed by atoms with Crippen LogP contribution in [0.1, 0.15) is 18.4 Å². The van der Waals surface area contributed by atoms with Crippen LogP contribution in [-0.4, -0.2) is 31.8 Å². The minimum absolute atomic E-state index is 0.261. The summed E-state index contributed by atoms with van der Waals surface area (Å²) >= 11 is 0. The molecule has 1 unspecified atom stereocenters. The molecule has 1 aliphatic heterocycles. The number of carbonyl (C=O) groups excluding carboxylic acids is 1. The Morgan fingerprint density at radius 1 is 1.39 bits per heavy atom. The fourth-order valence-electron chi connectivity index (χ4n) is 2.21. The van der Waals surface area contributed by atoms with Crippen LogP contribution in [0.2, 0.25) is 0 Å². The number of methoxy groups -OCH3 is 1. The first kappa shape index (κ1) is 12.9. The van der Waals surface area contributed by atoms with Crippen molar-refractivity contribution in [2.24, 2.45) is 0 Å². The van der Waals surface area contributed by atoms with Gasteiger partial charge in [-0.2, -0.15) is 0 Å². The molecule has 98 valence electrons. The highest BCUT2D eigenvalue weighted by Crippen LogP contribution is 2.26. The molecule has 0 amide bonds. The van der Waals surface area contributed by atoms with Crippen LogP contribution >= 0.6 is 0 Å². The van der Waals surface area contributed by atoms with E-state index in [4.69, 9.17) is 9.47 Å². The van der Waals surface area contributed by atoms with Crippen molar-refractivity contribution in [1.82, 2.24) is 0 Å². The van der Waals surface area contributed by atoms with E-state index in [-0.39, 0.29) is 5.97 Å². The number of rotatable bonds is 3. The van der Waals surface area contributed by atoms with Gasteiger partial charge in [0.25, 0.3) is 0 Å². The number of hydrogen-bond acceptors (Lipinski definition) is 4. The van der Waals surface area contributed by atoms with Crippen molar-refractivity contribution in [3.8, 4) is 0 Å². The summed E-state index contributed by atoms with van der Waals surface area (Å²) in [6.45, 7) is 3.09. The fraction of sp³-hybridized carbons (Fsp3) is 0.500. The second-order valence-corrected chi connectivity index (χ2v) is 4.72. The third kappa shape index (κ3) is 2.64. The highest BCUT2D eigenvalue weighted by Gasteiger charge is 2.41. The first-order valence-corrected chi connectivity index (χ1v) is 6.17. The van der Waals surface area contributed by atoms with Gasteiger partial charge in [-0.25, -0.2) is 4.79 Å². The molecule has 1 atom stereocenters. The van der Waals surface area contributed by atoms with Crippen LogP contribution in [0.5, 0.6) is 0 Å². The SMILES string of the molecule is COC(=O)C1(Nc2ccc(C)cc2)CCCOC1. The zero-order chi connectivity index (χ0) is 13.0. The van der Waals surface area contributed by atoms with Gasteiger partial charge in [0.05, 0.1) is 13.7 Å². The number of anilines is 1. The van der Waals surface area contributed by atoms with Gasteiger partial charge in [0.2, 0.25) is 0 Å². The molecule has 18 heavy (non-hydrogen) atoms. The average Bonchev–Trinajstić information content (AvgIpc) is 2.41. The van der Waals surface area contributed by atoms with E-state index in [1.165, 1.54) is 12.7 Å². The molecular weight excluding hydrogens is 230 g/mol. The molecule has 0 spiro atoms. The molecule has 1 N–H and O–H groups in total. The van der Waals surface area contributed by atoms with Crippen molar-refractivity contribution in [1.29, 1.82) is 0 Å². The number of aryl methyl sites for hydroxylation is 1. The molecule has 2 rings (SSSR count). The summed E-state index contributed by atoms with van der Waals surface area (Å²) in [5.41, 5.74) is 1.35. The number of nitrogens with one attached hydrogen (secondary N) is 1. The lowest BCUT2D eigenvalue weighted by Crippen LogP contribution is -2.53. The molecule has 1 fully saturated rings. The molecule has 4 nitrogen and oxygen atoms in total. The van der Waals surface area contributed by atoms with E-state index < -0.39 is 5.54 Å². The normalized spacial score (nSPS) is 23.4. The lowest BCUT2D eigenvalue weighted by Gasteiger charge is -2.35. The van der Waals surface area contributed by atoms with E-state index in [0.717, 1.165) is 18.5 Å². The predicted octanol–water partition coefficient (Wildman–Crippen LogP) is 2.13. The van der Waals surface area contributed by atoms with Crippen LogP contribution in [0.25, 0.3) is 0 Å². The molecule has 1 heterocycles. The smallest absolute Gasteiger partial charge is 0.333 e. The highest BCUT2D eigenvalue weighted by molar-refractivity contribution is 5.84. The van der Waals surface area contributed by atoms with Gasteiger partial charge in [-0.15, -0.1) is 0 Å². The van der Waals surface area contributed by atoms with E-state index in [1.54, 1.807) is 0 Å². The predicted molar refractivity (Wildman–Crippen MR) is 69.6 cm³/mol. The van der Waals surface area contributed by atoms with Gasteiger partial charge >= 0.3 is 5.97 Å². The van der Waals surface area contributed by atoms with Gasteiger partial charge in [-0.3, -0.25) is 0 Å². The second kappa shape index (κ2) is 5.40. The van der Waals surface area contributed by atoms with E-state index in [2.05, 4.69) is 5.32 Å². The molecule has 4 heteroatoms. The lowest BCUT2D eigenvalue weighted by atomic mass is 9.92. The van der Waals surface area contributed by atoms with E-state index >= 15 is 0 Å². The van der Waals surface area contributed by atoms with Gasteiger partial charge in [-0.1, -0.05) is 17.7 Å². The number of carbonyl (C=O) groups is 1. The van der Waals surface area contributed by atoms with Gasteiger partial charge in [0.1, 0.15) is 0 Å². The highest BCUT2D eigenvalue weighted by atomic mass is 16.5. The Balaban J connectivity index is 2.19. The number of ether oxygens (including phenoxy) is 2. The molecule has 0 saturated carbocycles. The molecule has 0 aromatic heterocycles. The Bertz CT molecular complexity index is 408. The van der Waals surface area contributed by atoms with E-state index in [1.807, 2.05) is 31.2 Å². The quantitative estimate of drug-likeness (QED) is 0.834. The third-order valence-corrected chi connectivity index (χ3v) is 3.25. The molecule has 1 aromatic carbocycles. The summed E-state index contributed by atoms with van der Waals surface area (Å²) < 4.78 is 10.3. The molecule has 1 saturated heterocycles. The van der Waals surface area contributed by atoms with Gasteiger partial charge in [-0.05, 0) is 31.9 Å². The Hall–Kier alpha value is -1.55. The third-order valence-electron chi connectivity index (χ3n) is 3.25.